The van der Waals surface area contributed by atoms with Crippen LogP contribution in [0.15, 0.2) is 83.4 Å². The number of ether oxygens (including phenoxy) is 2. The van der Waals surface area contributed by atoms with Crippen molar-refractivity contribution >= 4 is 66.1 Å². The minimum Gasteiger partial charge on any atom is -0.466 e. The number of aromatic nitrogens is 10. The number of piperidine rings is 2. The minimum atomic E-state index is -4.47. The van der Waals surface area contributed by atoms with E-state index in [2.05, 4.69) is 40.1 Å². The van der Waals surface area contributed by atoms with Crippen LogP contribution in [-0.4, -0.2) is 108 Å². The van der Waals surface area contributed by atoms with E-state index in [0.717, 1.165) is 67.7 Å². The van der Waals surface area contributed by atoms with E-state index in [4.69, 9.17) is 9.47 Å². The van der Waals surface area contributed by atoms with Gasteiger partial charge in [0.15, 0.2) is 9.84 Å². The molecule has 0 amide bonds. The van der Waals surface area contributed by atoms with Gasteiger partial charge in [-0.15, -0.1) is 22.0 Å². The second-order valence-electron chi connectivity index (χ2n) is 17.5. The molecule has 8 heterocycles. The lowest BCUT2D eigenvalue weighted by Gasteiger charge is -2.34. The summed E-state index contributed by atoms with van der Waals surface area (Å²) in [6.45, 7) is 6.32. The number of halogens is 8. The molecule has 6 aromatic heterocycles. The number of fused-ring (bicyclic) bond motifs is 2. The Labute approximate surface area is 429 Å². The number of nitrogens with zero attached hydrogens (tertiary/aromatic N) is 12. The van der Waals surface area contributed by atoms with Gasteiger partial charge in [-0.1, -0.05) is 0 Å². The third-order valence-electron chi connectivity index (χ3n) is 12.6. The van der Waals surface area contributed by atoms with E-state index in [1.807, 2.05) is 36.0 Å². The molecule has 0 N–H and O–H groups in total. The zero-order chi connectivity index (χ0) is 52.7. The maximum Gasteiger partial charge on any atom is 0.419 e. The van der Waals surface area contributed by atoms with Gasteiger partial charge in [0.05, 0.1) is 39.8 Å². The molecule has 10 rings (SSSR count). The number of benzene rings is 2. The van der Waals surface area contributed by atoms with Crippen LogP contribution in [0.1, 0.15) is 50.7 Å². The molecule has 2 atom stereocenters. The van der Waals surface area contributed by atoms with Gasteiger partial charge in [-0.3, -0.25) is 0 Å². The minimum absolute atomic E-state index is 0.111. The average molecular weight is 1110 g/mol. The van der Waals surface area contributed by atoms with Crippen molar-refractivity contribution in [2.24, 2.45) is 11.8 Å². The summed E-state index contributed by atoms with van der Waals surface area (Å²) in [6, 6.07) is 8.74. The van der Waals surface area contributed by atoms with Crippen molar-refractivity contribution in [2.45, 2.75) is 73.9 Å². The van der Waals surface area contributed by atoms with Crippen molar-refractivity contribution in [3.63, 3.8) is 0 Å². The number of sulfone groups is 1. The summed E-state index contributed by atoms with van der Waals surface area (Å²) in [5.74, 6) is -0.0279. The number of thioether (sulfide) groups is 1. The van der Waals surface area contributed by atoms with E-state index in [0.29, 0.717) is 69.4 Å². The van der Waals surface area contributed by atoms with Crippen LogP contribution in [0.4, 0.5) is 47.0 Å². The van der Waals surface area contributed by atoms with Gasteiger partial charge in [-0.05, 0) is 117 Å². The first-order valence-electron chi connectivity index (χ1n) is 22.8. The molecule has 0 saturated carbocycles. The Morgan fingerprint density at radius 2 is 1.05 bits per heavy atom. The van der Waals surface area contributed by atoms with E-state index in [1.54, 1.807) is 23.0 Å². The highest BCUT2D eigenvalue weighted by molar-refractivity contribution is 7.98. The topological polar surface area (TPSA) is 171 Å². The Morgan fingerprint density at radius 1 is 0.649 bits per heavy atom. The number of hydrogen-bond acceptors (Lipinski definition) is 17. The van der Waals surface area contributed by atoms with Crippen LogP contribution in [-0.2, 0) is 22.2 Å². The summed E-state index contributed by atoms with van der Waals surface area (Å²) >= 11 is 3.96. The molecule has 2 saturated heterocycles. The third kappa shape index (κ3) is 12.0. The Kier molecular flexibility index (Phi) is 15.0. The molecule has 8 aromatic rings. The number of rotatable bonds is 12. The smallest absolute Gasteiger partial charge is 0.419 e. The molecule has 0 bridgehead atoms. The molecule has 2 aliphatic heterocycles. The monoisotopic (exact) mass is 1110 g/mol. The van der Waals surface area contributed by atoms with Crippen LogP contribution in [0.5, 0.6) is 10.4 Å². The molecule has 0 aliphatic carbocycles. The standard InChI is InChI=1S/C23H22F4N6O3S2.C23H22F4N6OS2/c1-13(14-5-7-32(8-6-14)20-28-10-15(11-29-20)23(25,26)27)36-22-31-33-12-19(30-21(33)37-22)17-4-3-16(9-18(17)24)38(2,34)35;1-13(14-5-7-32(8-6-14)20-28-10-15(11-29-20)23(25,26)27)34-22-31-33-12-19(30-21(33)36-22)17-4-3-16(35-2)9-18(17)24/h3-4,9-14H,5-8H2,1-2H3;3-4,9-14H,5-8H2,1-2H3/t2*13-/m00/s1. The summed E-state index contributed by atoms with van der Waals surface area (Å²) in [5, 5.41) is 9.70. The molecule has 74 heavy (non-hydrogen) atoms. The fourth-order valence-corrected chi connectivity index (χ4v) is 11.1. The summed E-state index contributed by atoms with van der Waals surface area (Å²) in [7, 11) is -3.53. The highest BCUT2D eigenvalue weighted by Gasteiger charge is 2.34. The van der Waals surface area contributed by atoms with Gasteiger partial charge in [0.2, 0.25) is 21.8 Å². The largest absolute Gasteiger partial charge is 0.466 e. The molecular weight excluding hydrogens is 1060 g/mol. The van der Waals surface area contributed by atoms with Crippen LogP contribution in [0.2, 0.25) is 0 Å². The van der Waals surface area contributed by atoms with Gasteiger partial charge in [-0.25, -0.2) is 56.1 Å². The summed E-state index contributed by atoms with van der Waals surface area (Å²) in [6.07, 6.45) is 3.18. The van der Waals surface area contributed by atoms with Gasteiger partial charge < -0.3 is 19.3 Å². The molecule has 16 nitrogen and oxygen atoms in total. The van der Waals surface area contributed by atoms with Gasteiger partial charge in [0, 0.05) is 73.2 Å². The number of imidazole rings is 2. The van der Waals surface area contributed by atoms with Crippen molar-refractivity contribution < 1.29 is 53.0 Å². The number of alkyl halides is 6. The summed E-state index contributed by atoms with van der Waals surface area (Å²) in [5.41, 5.74) is -0.325. The predicted octanol–water partition coefficient (Wildman–Crippen LogP) is 10.3. The number of anilines is 2. The Morgan fingerprint density at radius 3 is 1.41 bits per heavy atom. The molecule has 0 radical (unpaired) electrons. The molecule has 392 valence electrons. The first kappa shape index (κ1) is 52.6. The normalized spacial score (nSPS) is 16.1. The predicted molar refractivity (Wildman–Crippen MR) is 262 cm³/mol. The molecule has 2 aromatic carbocycles. The van der Waals surface area contributed by atoms with E-state index >= 15 is 0 Å². The first-order valence-corrected chi connectivity index (χ1v) is 27.5. The van der Waals surface area contributed by atoms with E-state index < -0.39 is 39.1 Å². The van der Waals surface area contributed by atoms with Crippen LogP contribution in [0.25, 0.3) is 32.4 Å². The van der Waals surface area contributed by atoms with Crippen LogP contribution in [0.3, 0.4) is 0 Å². The second-order valence-corrected chi connectivity index (χ2v) is 22.3. The average Bonchev–Trinajstić information content (AvgIpc) is 4.14. The maximum absolute atomic E-state index is 14.5. The lowest BCUT2D eigenvalue weighted by molar-refractivity contribution is -0.138. The van der Waals surface area contributed by atoms with Gasteiger partial charge in [0.1, 0.15) is 23.8 Å². The molecule has 0 unspecified atom stereocenters. The molecular formula is C46H44F8N12O4S4. The highest BCUT2D eigenvalue weighted by Crippen LogP contribution is 2.35. The Bertz CT molecular complexity index is 3290. The molecule has 2 fully saturated rings. The van der Waals surface area contributed by atoms with Crippen LogP contribution in [0, 0.1) is 23.5 Å². The zero-order valence-electron chi connectivity index (χ0n) is 39.6. The SMILES string of the molecule is CSc1ccc(-c2cn3nc(O[C@@H](C)C4CCN(c5ncc(C(F)(F)F)cn5)CC4)sc3n2)c(F)c1.C[C@H](Oc1nn2cc(-c3ccc(S(C)(=O)=O)cc3F)nc2s1)C1CCN(c2ncc(C(F)(F)F)cn2)CC1. The fourth-order valence-electron chi connectivity index (χ4n) is 8.39. The van der Waals surface area contributed by atoms with E-state index in [9.17, 15) is 43.5 Å². The molecule has 0 spiro atoms. The van der Waals surface area contributed by atoms with Crippen molar-refractivity contribution in [1.29, 1.82) is 0 Å². The molecule has 28 heteroatoms. The van der Waals surface area contributed by atoms with Crippen LogP contribution >= 0.6 is 34.4 Å². The zero-order valence-corrected chi connectivity index (χ0v) is 42.8. The summed E-state index contributed by atoms with van der Waals surface area (Å²) < 4.78 is 144. The van der Waals surface area contributed by atoms with Crippen molar-refractivity contribution in [2.75, 3.05) is 48.5 Å². The van der Waals surface area contributed by atoms with Gasteiger partial charge in [0.25, 0.3) is 10.4 Å². The Balaban J connectivity index is 0.000000182. The van der Waals surface area contributed by atoms with E-state index in [-0.39, 0.29) is 46.3 Å². The second kappa shape index (κ2) is 21.2. The maximum atomic E-state index is 14.5. The molecule has 2 aliphatic rings. The van der Waals surface area contributed by atoms with Gasteiger partial charge >= 0.3 is 12.4 Å². The number of hydrogen-bond donors (Lipinski definition) is 0. The van der Waals surface area contributed by atoms with Crippen molar-refractivity contribution in [1.82, 2.24) is 49.1 Å². The quantitative estimate of drug-likeness (QED) is 0.0835. The highest BCUT2D eigenvalue weighted by atomic mass is 32.2. The van der Waals surface area contributed by atoms with Crippen molar-refractivity contribution in [3.8, 4) is 32.9 Å². The Hall–Kier alpha value is -6.26. The lowest BCUT2D eigenvalue weighted by atomic mass is 9.92. The third-order valence-corrected chi connectivity index (χ3v) is 16.1. The van der Waals surface area contributed by atoms with Gasteiger partial charge in [-0.2, -0.15) is 26.3 Å². The van der Waals surface area contributed by atoms with Crippen LogP contribution < -0.4 is 19.3 Å². The van der Waals surface area contributed by atoms with Crippen molar-refractivity contribution in [3.05, 3.63) is 96.3 Å². The first-order chi connectivity index (χ1) is 35.1. The summed E-state index contributed by atoms with van der Waals surface area (Å²) in [4.78, 5) is 30.0. The fraction of sp³-hybridized carbons (Fsp3) is 0.391. The lowest BCUT2D eigenvalue weighted by Crippen LogP contribution is -2.39. The van der Waals surface area contributed by atoms with E-state index in [1.165, 1.54) is 57.1 Å².